The summed E-state index contributed by atoms with van der Waals surface area (Å²) in [7, 11) is 0. The zero-order valence-electron chi connectivity index (χ0n) is 13.1. The van der Waals surface area contributed by atoms with Gasteiger partial charge in [-0.1, -0.05) is 0 Å². The van der Waals surface area contributed by atoms with Crippen LogP contribution >= 0.6 is 0 Å². The molecule has 0 spiro atoms. The summed E-state index contributed by atoms with van der Waals surface area (Å²) in [6.07, 6.45) is 0.160. The van der Waals surface area contributed by atoms with Crippen LogP contribution in [0.25, 0.3) is 11.5 Å². The molecule has 3 rings (SSSR count). The second kappa shape index (κ2) is 7.05. The quantitative estimate of drug-likeness (QED) is 0.702. The van der Waals surface area contributed by atoms with Crippen molar-refractivity contribution in [1.82, 2.24) is 15.2 Å². The van der Waals surface area contributed by atoms with Gasteiger partial charge in [-0.2, -0.15) is 5.26 Å². The van der Waals surface area contributed by atoms with Crippen LogP contribution in [0.3, 0.4) is 0 Å². The van der Waals surface area contributed by atoms with Crippen LogP contribution in [-0.2, 0) is 6.61 Å². The molecular formula is C17H12F2N4O2. The standard InChI is InChI=1S/C17H12F2N4O2/c1-10(18)16-22-23-17(25-16)12-2-4-13(21-8-12)9-24-14-5-3-11(7-20)15(19)6-14/h2-6,8,10H,9H2,1H3. The summed E-state index contributed by atoms with van der Waals surface area (Å²) in [5.41, 5.74) is 1.09. The van der Waals surface area contributed by atoms with Gasteiger partial charge in [0, 0.05) is 12.3 Å². The number of benzene rings is 1. The lowest BCUT2D eigenvalue weighted by Gasteiger charge is -2.06. The first-order chi connectivity index (χ1) is 12.1. The summed E-state index contributed by atoms with van der Waals surface area (Å²) in [6, 6.07) is 9.10. The number of halogens is 2. The highest BCUT2D eigenvalue weighted by atomic mass is 19.1. The highest BCUT2D eigenvalue weighted by Gasteiger charge is 2.14. The van der Waals surface area contributed by atoms with Crippen molar-refractivity contribution in [3.8, 4) is 23.3 Å². The first-order valence-electron chi connectivity index (χ1n) is 7.32. The van der Waals surface area contributed by atoms with Crippen LogP contribution < -0.4 is 4.74 Å². The molecule has 0 aliphatic rings. The highest BCUT2D eigenvalue weighted by molar-refractivity contribution is 5.50. The summed E-state index contributed by atoms with van der Waals surface area (Å²) in [5, 5.41) is 16.1. The molecule has 0 saturated carbocycles. The van der Waals surface area contributed by atoms with E-state index in [0.717, 1.165) is 6.07 Å². The Morgan fingerprint density at radius 2 is 2.12 bits per heavy atom. The summed E-state index contributed by atoms with van der Waals surface area (Å²) in [4.78, 5) is 4.19. The fourth-order valence-corrected chi connectivity index (χ4v) is 1.98. The fraction of sp³-hybridized carbons (Fsp3) is 0.176. The predicted molar refractivity (Wildman–Crippen MR) is 82.5 cm³/mol. The van der Waals surface area contributed by atoms with E-state index < -0.39 is 12.0 Å². The molecule has 3 aromatic rings. The maximum absolute atomic E-state index is 13.5. The largest absolute Gasteiger partial charge is 0.487 e. The van der Waals surface area contributed by atoms with Gasteiger partial charge in [-0.05, 0) is 31.2 Å². The van der Waals surface area contributed by atoms with Crippen LogP contribution in [0.15, 0.2) is 40.9 Å². The van der Waals surface area contributed by atoms with E-state index in [1.54, 1.807) is 18.2 Å². The Balaban J connectivity index is 1.66. The van der Waals surface area contributed by atoms with Gasteiger partial charge in [0.25, 0.3) is 5.89 Å². The number of nitriles is 1. The molecule has 0 saturated heterocycles. The van der Waals surface area contributed by atoms with E-state index in [9.17, 15) is 8.78 Å². The molecule has 8 heteroatoms. The van der Waals surface area contributed by atoms with E-state index in [2.05, 4.69) is 15.2 Å². The second-order valence-electron chi connectivity index (χ2n) is 5.14. The lowest BCUT2D eigenvalue weighted by Crippen LogP contribution is -1.99. The zero-order chi connectivity index (χ0) is 17.8. The highest BCUT2D eigenvalue weighted by Crippen LogP contribution is 2.22. The monoisotopic (exact) mass is 342 g/mol. The van der Waals surface area contributed by atoms with Crippen LogP contribution in [0.1, 0.15) is 30.2 Å². The van der Waals surface area contributed by atoms with Crippen molar-refractivity contribution >= 4 is 0 Å². The van der Waals surface area contributed by atoms with Gasteiger partial charge in [0.15, 0.2) is 6.17 Å². The summed E-state index contributed by atoms with van der Waals surface area (Å²) >= 11 is 0. The van der Waals surface area contributed by atoms with Gasteiger partial charge in [-0.15, -0.1) is 10.2 Å². The Kier molecular flexibility index (Phi) is 4.66. The normalized spacial score (nSPS) is 11.8. The number of ether oxygens (including phenoxy) is 1. The van der Waals surface area contributed by atoms with E-state index in [1.807, 2.05) is 0 Å². The molecule has 0 radical (unpaired) electrons. The third kappa shape index (κ3) is 3.77. The molecule has 1 unspecified atom stereocenters. The molecule has 25 heavy (non-hydrogen) atoms. The molecular weight excluding hydrogens is 330 g/mol. The third-order valence-corrected chi connectivity index (χ3v) is 3.30. The fourth-order valence-electron chi connectivity index (χ4n) is 1.98. The van der Waals surface area contributed by atoms with Crippen LogP contribution in [0, 0.1) is 17.1 Å². The van der Waals surface area contributed by atoms with Gasteiger partial charge in [-0.25, -0.2) is 8.78 Å². The van der Waals surface area contributed by atoms with E-state index >= 15 is 0 Å². The summed E-state index contributed by atoms with van der Waals surface area (Å²) < 4.78 is 37.2. The molecule has 1 atom stereocenters. The number of pyridine rings is 1. The minimum Gasteiger partial charge on any atom is -0.487 e. The maximum atomic E-state index is 13.5. The molecule has 6 nitrogen and oxygen atoms in total. The number of aromatic nitrogens is 3. The molecule has 2 aromatic heterocycles. The van der Waals surface area contributed by atoms with E-state index in [-0.39, 0.29) is 24.0 Å². The van der Waals surface area contributed by atoms with Gasteiger partial charge < -0.3 is 9.15 Å². The van der Waals surface area contributed by atoms with Gasteiger partial charge >= 0.3 is 0 Å². The Hall–Kier alpha value is -3.34. The van der Waals surface area contributed by atoms with Crippen molar-refractivity contribution in [2.24, 2.45) is 0 Å². The number of alkyl halides is 1. The van der Waals surface area contributed by atoms with Crippen molar-refractivity contribution in [3.63, 3.8) is 0 Å². The first kappa shape index (κ1) is 16.5. The smallest absolute Gasteiger partial charge is 0.250 e. The van der Waals surface area contributed by atoms with Crippen molar-refractivity contribution < 1.29 is 17.9 Å². The van der Waals surface area contributed by atoms with Gasteiger partial charge in [0.1, 0.15) is 24.2 Å². The van der Waals surface area contributed by atoms with Crippen LogP contribution in [0.4, 0.5) is 8.78 Å². The lowest BCUT2D eigenvalue weighted by atomic mass is 10.2. The molecule has 2 heterocycles. The van der Waals surface area contributed by atoms with Crippen molar-refractivity contribution in [3.05, 3.63) is 59.5 Å². The van der Waals surface area contributed by atoms with Gasteiger partial charge in [-0.3, -0.25) is 4.98 Å². The van der Waals surface area contributed by atoms with Crippen LogP contribution in [0.5, 0.6) is 5.75 Å². The second-order valence-corrected chi connectivity index (χ2v) is 5.14. The minimum atomic E-state index is -1.34. The predicted octanol–water partition coefficient (Wildman–Crippen LogP) is 3.75. The van der Waals surface area contributed by atoms with Crippen LogP contribution in [-0.4, -0.2) is 15.2 Å². The molecule has 0 bridgehead atoms. The minimum absolute atomic E-state index is 0.0450. The lowest BCUT2D eigenvalue weighted by molar-refractivity contribution is 0.299. The molecule has 0 aliphatic heterocycles. The third-order valence-electron chi connectivity index (χ3n) is 3.30. The molecule has 0 N–H and O–H groups in total. The molecule has 0 aliphatic carbocycles. The van der Waals surface area contributed by atoms with Gasteiger partial charge in [0.2, 0.25) is 5.89 Å². The van der Waals surface area contributed by atoms with Crippen molar-refractivity contribution in [2.75, 3.05) is 0 Å². The average molecular weight is 342 g/mol. The Labute approximate surface area is 141 Å². The van der Waals surface area contributed by atoms with Gasteiger partial charge in [0.05, 0.1) is 16.8 Å². The molecule has 1 aromatic carbocycles. The Morgan fingerprint density at radius 3 is 2.72 bits per heavy atom. The Bertz CT molecular complexity index is 917. The van der Waals surface area contributed by atoms with E-state index in [4.69, 9.17) is 14.4 Å². The van der Waals surface area contributed by atoms with E-state index in [1.165, 1.54) is 25.3 Å². The number of hydrogen-bond donors (Lipinski definition) is 0. The van der Waals surface area contributed by atoms with Crippen LogP contribution in [0.2, 0.25) is 0 Å². The SMILES string of the molecule is CC(F)c1nnc(-c2ccc(COc3ccc(C#N)c(F)c3)nc2)o1. The molecule has 0 fully saturated rings. The summed E-state index contributed by atoms with van der Waals surface area (Å²) in [5.74, 6) is -0.266. The van der Waals surface area contributed by atoms with Crippen molar-refractivity contribution in [2.45, 2.75) is 19.7 Å². The number of nitrogens with zero attached hydrogens (tertiary/aromatic N) is 4. The first-order valence-corrected chi connectivity index (χ1v) is 7.32. The summed E-state index contributed by atoms with van der Waals surface area (Å²) in [6.45, 7) is 1.42. The molecule has 126 valence electrons. The maximum Gasteiger partial charge on any atom is 0.250 e. The Morgan fingerprint density at radius 1 is 1.28 bits per heavy atom. The number of hydrogen-bond acceptors (Lipinski definition) is 6. The molecule has 0 amide bonds. The van der Waals surface area contributed by atoms with E-state index in [0.29, 0.717) is 17.0 Å². The van der Waals surface area contributed by atoms with Crippen molar-refractivity contribution in [1.29, 1.82) is 5.26 Å². The number of rotatable bonds is 5. The zero-order valence-corrected chi connectivity index (χ0v) is 13.1. The average Bonchev–Trinajstić information content (AvgIpc) is 3.11. The topological polar surface area (TPSA) is 84.8 Å².